The first-order valence-corrected chi connectivity index (χ1v) is 6.65. The van der Waals surface area contributed by atoms with Gasteiger partial charge in [-0.25, -0.2) is 0 Å². The standard InChI is InChI=1S/C15H16N4O/c1-9(2)16-14-6-5-13(18-19-14)10-3-4-12-11(7-10)8-15(20)17-12/h3-7,9H,8H2,1-2H3,(H,16,19)(H,17,20). The maximum atomic E-state index is 11.3. The van der Waals surface area contributed by atoms with Gasteiger partial charge >= 0.3 is 0 Å². The maximum Gasteiger partial charge on any atom is 0.228 e. The summed E-state index contributed by atoms with van der Waals surface area (Å²) in [6.07, 6.45) is 0.434. The van der Waals surface area contributed by atoms with Crippen molar-refractivity contribution in [2.24, 2.45) is 0 Å². The highest BCUT2D eigenvalue weighted by Gasteiger charge is 2.18. The quantitative estimate of drug-likeness (QED) is 0.897. The summed E-state index contributed by atoms with van der Waals surface area (Å²) in [5.74, 6) is 0.807. The molecule has 2 N–H and O–H groups in total. The Labute approximate surface area is 117 Å². The molecule has 0 aliphatic carbocycles. The molecule has 102 valence electrons. The third-order valence-corrected chi connectivity index (χ3v) is 3.13. The predicted molar refractivity (Wildman–Crippen MR) is 78.6 cm³/mol. The molecule has 2 heterocycles. The third kappa shape index (κ3) is 2.47. The van der Waals surface area contributed by atoms with Crippen LogP contribution in [-0.2, 0) is 11.2 Å². The molecule has 0 radical (unpaired) electrons. The fraction of sp³-hybridized carbons (Fsp3) is 0.267. The van der Waals surface area contributed by atoms with Gasteiger partial charge in [0.1, 0.15) is 5.82 Å². The normalized spacial score (nSPS) is 13.2. The van der Waals surface area contributed by atoms with Crippen molar-refractivity contribution in [1.29, 1.82) is 0 Å². The van der Waals surface area contributed by atoms with Gasteiger partial charge < -0.3 is 10.6 Å². The number of carbonyl (C=O) groups excluding carboxylic acids is 1. The van der Waals surface area contributed by atoms with Crippen molar-refractivity contribution in [3.8, 4) is 11.3 Å². The molecule has 5 heteroatoms. The summed E-state index contributed by atoms with van der Waals surface area (Å²) in [5, 5.41) is 14.4. The monoisotopic (exact) mass is 268 g/mol. The van der Waals surface area contributed by atoms with E-state index in [4.69, 9.17) is 0 Å². The molecule has 3 rings (SSSR count). The lowest BCUT2D eigenvalue weighted by Crippen LogP contribution is -2.11. The number of fused-ring (bicyclic) bond motifs is 1. The molecule has 5 nitrogen and oxygen atoms in total. The van der Waals surface area contributed by atoms with Crippen molar-refractivity contribution in [2.75, 3.05) is 10.6 Å². The molecule has 0 saturated carbocycles. The molecular formula is C15H16N4O. The number of amides is 1. The summed E-state index contributed by atoms with van der Waals surface area (Å²) in [4.78, 5) is 11.3. The summed E-state index contributed by atoms with van der Waals surface area (Å²) in [6.45, 7) is 4.11. The van der Waals surface area contributed by atoms with Gasteiger partial charge in [-0.15, -0.1) is 10.2 Å². The summed E-state index contributed by atoms with van der Waals surface area (Å²) >= 11 is 0. The van der Waals surface area contributed by atoms with Crippen LogP contribution in [0.2, 0.25) is 0 Å². The number of hydrogen-bond acceptors (Lipinski definition) is 4. The highest BCUT2D eigenvalue weighted by Crippen LogP contribution is 2.28. The number of nitrogens with one attached hydrogen (secondary N) is 2. The van der Waals surface area contributed by atoms with E-state index < -0.39 is 0 Å². The SMILES string of the molecule is CC(C)Nc1ccc(-c2ccc3c(c2)CC(=O)N3)nn1. The zero-order valence-electron chi connectivity index (χ0n) is 11.5. The van der Waals surface area contributed by atoms with Crippen molar-refractivity contribution >= 4 is 17.4 Å². The molecule has 0 saturated heterocycles. The summed E-state index contributed by atoms with van der Waals surface area (Å²) in [6, 6.07) is 10.0. The summed E-state index contributed by atoms with van der Waals surface area (Å²) in [7, 11) is 0. The largest absolute Gasteiger partial charge is 0.366 e. The molecule has 1 aliphatic rings. The van der Waals surface area contributed by atoms with Crippen LogP contribution in [0.4, 0.5) is 11.5 Å². The number of hydrogen-bond donors (Lipinski definition) is 2. The van der Waals surface area contributed by atoms with Crippen LogP contribution in [0.15, 0.2) is 30.3 Å². The van der Waals surface area contributed by atoms with Crippen LogP contribution in [0, 0.1) is 0 Å². The van der Waals surface area contributed by atoms with E-state index in [0.29, 0.717) is 12.5 Å². The zero-order chi connectivity index (χ0) is 14.1. The molecule has 20 heavy (non-hydrogen) atoms. The predicted octanol–water partition coefficient (Wildman–Crippen LogP) is 2.46. The van der Waals surface area contributed by atoms with Crippen LogP contribution in [0.3, 0.4) is 0 Å². The summed E-state index contributed by atoms with van der Waals surface area (Å²) in [5.41, 5.74) is 3.69. The highest BCUT2D eigenvalue weighted by molar-refractivity contribution is 5.99. The molecule has 0 unspecified atom stereocenters. The van der Waals surface area contributed by atoms with Crippen LogP contribution in [0.1, 0.15) is 19.4 Å². The molecule has 0 bridgehead atoms. The van der Waals surface area contributed by atoms with Gasteiger partial charge in [-0.1, -0.05) is 6.07 Å². The average molecular weight is 268 g/mol. The second-order valence-electron chi connectivity index (χ2n) is 5.20. The molecule has 0 spiro atoms. The number of carbonyl (C=O) groups is 1. The van der Waals surface area contributed by atoms with Crippen molar-refractivity contribution < 1.29 is 4.79 Å². The van der Waals surface area contributed by atoms with E-state index in [2.05, 4.69) is 34.7 Å². The number of aromatic nitrogens is 2. The van der Waals surface area contributed by atoms with Gasteiger partial charge in [0.2, 0.25) is 5.91 Å². The van der Waals surface area contributed by atoms with E-state index in [9.17, 15) is 4.79 Å². The van der Waals surface area contributed by atoms with E-state index in [1.807, 2.05) is 30.3 Å². The van der Waals surface area contributed by atoms with E-state index in [1.165, 1.54) is 0 Å². The molecule has 0 fully saturated rings. The number of benzene rings is 1. The first kappa shape index (κ1) is 12.6. The zero-order valence-corrected chi connectivity index (χ0v) is 11.5. The molecular weight excluding hydrogens is 252 g/mol. The molecule has 0 atom stereocenters. The fourth-order valence-corrected chi connectivity index (χ4v) is 2.25. The molecule has 1 aromatic heterocycles. The number of nitrogens with zero attached hydrogens (tertiary/aromatic N) is 2. The minimum absolute atomic E-state index is 0.0414. The topological polar surface area (TPSA) is 66.9 Å². The minimum Gasteiger partial charge on any atom is -0.366 e. The Kier molecular flexibility index (Phi) is 3.10. The Bertz CT molecular complexity index is 649. The highest BCUT2D eigenvalue weighted by atomic mass is 16.1. The average Bonchev–Trinajstić information content (AvgIpc) is 2.78. The van der Waals surface area contributed by atoms with E-state index in [-0.39, 0.29) is 5.91 Å². The van der Waals surface area contributed by atoms with Gasteiger partial charge in [-0.2, -0.15) is 0 Å². The number of anilines is 2. The number of rotatable bonds is 3. The lowest BCUT2D eigenvalue weighted by Gasteiger charge is -2.08. The van der Waals surface area contributed by atoms with Gasteiger partial charge in [0.15, 0.2) is 0 Å². The first-order chi connectivity index (χ1) is 9.61. The smallest absolute Gasteiger partial charge is 0.228 e. The second-order valence-corrected chi connectivity index (χ2v) is 5.20. The van der Waals surface area contributed by atoms with Gasteiger partial charge in [-0.3, -0.25) is 4.79 Å². The van der Waals surface area contributed by atoms with Crippen molar-refractivity contribution in [3.63, 3.8) is 0 Å². The van der Waals surface area contributed by atoms with Gasteiger partial charge in [0.05, 0.1) is 12.1 Å². The van der Waals surface area contributed by atoms with Crippen LogP contribution in [0.5, 0.6) is 0 Å². The maximum absolute atomic E-state index is 11.3. The third-order valence-electron chi connectivity index (χ3n) is 3.13. The van der Waals surface area contributed by atoms with Crippen molar-refractivity contribution in [3.05, 3.63) is 35.9 Å². The van der Waals surface area contributed by atoms with E-state index in [0.717, 1.165) is 28.3 Å². The van der Waals surface area contributed by atoms with E-state index in [1.54, 1.807) is 0 Å². The van der Waals surface area contributed by atoms with Crippen molar-refractivity contribution in [1.82, 2.24) is 10.2 Å². The Morgan fingerprint density at radius 1 is 1.20 bits per heavy atom. The van der Waals surface area contributed by atoms with Gasteiger partial charge in [-0.05, 0) is 43.7 Å². The molecule has 1 aromatic carbocycles. The van der Waals surface area contributed by atoms with Gasteiger partial charge in [0.25, 0.3) is 0 Å². The lowest BCUT2D eigenvalue weighted by molar-refractivity contribution is -0.115. The fourth-order valence-electron chi connectivity index (χ4n) is 2.25. The Morgan fingerprint density at radius 2 is 2.05 bits per heavy atom. The van der Waals surface area contributed by atoms with Crippen molar-refractivity contribution in [2.45, 2.75) is 26.3 Å². The Balaban J connectivity index is 1.86. The lowest BCUT2D eigenvalue weighted by atomic mass is 10.1. The van der Waals surface area contributed by atoms with Crippen LogP contribution in [-0.4, -0.2) is 22.1 Å². The van der Waals surface area contributed by atoms with Gasteiger partial charge in [0, 0.05) is 17.3 Å². The van der Waals surface area contributed by atoms with Crippen LogP contribution in [0.25, 0.3) is 11.3 Å². The Morgan fingerprint density at radius 3 is 2.75 bits per heavy atom. The molecule has 1 amide bonds. The van der Waals surface area contributed by atoms with E-state index >= 15 is 0 Å². The molecule has 1 aliphatic heterocycles. The Hall–Kier alpha value is -2.43. The second kappa shape index (κ2) is 4.92. The van der Waals surface area contributed by atoms with Crippen LogP contribution >= 0.6 is 0 Å². The molecule has 2 aromatic rings. The minimum atomic E-state index is 0.0414. The first-order valence-electron chi connectivity index (χ1n) is 6.65. The van der Waals surface area contributed by atoms with Crippen LogP contribution < -0.4 is 10.6 Å². The summed E-state index contributed by atoms with van der Waals surface area (Å²) < 4.78 is 0.